The van der Waals surface area contributed by atoms with Gasteiger partial charge in [0.25, 0.3) is 0 Å². The summed E-state index contributed by atoms with van der Waals surface area (Å²) in [6, 6.07) is 2.17. The molecule has 1 fully saturated rings. The second kappa shape index (κ2) is 5.51. The lowest BCUT2D eigenvalue weighted by molar-refractivity contribution is 0.360. The maximum absolute atomic E-state index is 5.50. The Morgan fingerprint density at radius 2 is 2.10 bits per heavy atom. The number of nitrogens with two attached hydrogens (primary N) is 1. The standard InChI is InChI=1S/C13H20N6S/c1-9-8-10-11(15-13(17-14)16-12(10)20-9)19-5-3-4-18(2)6-7-19/h8H,3-7,14H2,1-2H3,(H,15,16,17). The fourth-order valence-corrected chi connectivity index (χ4v) is 3.46. The van der Waals surface area contributed by atoms with Gasteiger partial charge in [0.15, 0.2) is 0 Å². The van der Waals surface area contributed by atoms with Crippen LogP contribution in [-0.4, -0.2) is 48.1 Å². The first-order chi connectivity index (χ1) is 9.67. The van der Waals surface area contributed by atoms with Crippen molar-refractivity contribution in [3.63, 3.8) is 0 Å². The molecular formula is C13H20N6S. The van der Waals surface area contributed by atoms with Crippen LogP contribution in [0.4, 0.5) is 11.8 Å². The van der Waals surface area contributed by atoms with Crippen molar-refractivity contribution >= 4 is 33.3 Å². The van der Waals surface area contributed by atoms with Crippen LogP contribution in [0.25, 0.3) is 10.2 Å². The van der Waals surface area contributed by atoms with Crippen LogP contribution in [0.2, 0.25) is 0 Å². The lowest BCUT2D eigenvalue weighted by Crippen LogP contribution is -2.30. The molecule has 0 aliphatic carbocycles. The van der Waals surface area contributed by atoms with E-state index < -0.39 is 0 Å². The summed E-state index contributed by atoms with van der Waals surface area (Å²) in [6.07, 6.45) is 1.15. The predicted octanol–water partition coefficient (Wildman–Crippen LogP) is 1.43. The quantitative estimate of drug-likeness (QED) is 0.644. The Bertz CT molecular complexity index is 610. The van der Waals surface area contributed by atoms with E-state index in [1.165, 1.54) is 4.88 Å². The first-order valence-corrected chi connectivity index (χ1v) is 7.67. The summed E-state index contributed by atoms with van der Waals surface area (Å²) in [6.45, 7) is 6.30. The lowest BCUT2D eigenvalue weighted by atomic mass is 10.3. The highest BCUT2D eigenvalue weighted by molar-refractivity contribution is 7.18. The number of nitrogens with one attached hydrogen (secondary N) is 1. The molecule has 108 valence electrons. The summed E-state index contributed by atoms with van der Waals surface area (Å²) in [5.41, 5.74) is 2.58. The fraction of sp³-hybridized carbons (Fsp3) is 0.538. The van der Waals surface area contributed by atoms with Gasteiger partial charge in [0.05, 0.1) is 5.39 Å². The van der Waals surface area contributed by atoms with Crippen molar-refractivity contribution in [2.75, 3.05) is 43.6 Å². The molecule has 0 bridgehead atoms. The van der Waals surface area contributed by atoms with E-state index in [-0.39, 0.29) is 0 Å². The summed E-state index contributed by atoms with van der Waals surface area (Å²) in [7, 11) is 2.17. The Morgan fingerprint density at radius 3 is 2.90 bits per heavy atom. The van der Waals surface area contributed by atoms with Crippen LogP contribution in [0.15, 0.2) is 6.07 Å². The number of thiophene rings is 1. The topological polar surface area (TPSA) is 70.3 Å². The lowest BCUT2D eigenvalue weighted by Gasteiger charge is -2.22. The highest BCUT2D eigenvalue weighted by Gasteiger charge is 2.18. The number of anilines is 2. The minimum Gasteiger partial charge on any atom is -0.355 e. The van der Waals surface area contributed by atoms with Gasteiger partial charge in [-0.1, -0.05) is 0 Å². The fourth-order valence-electron chi connectivity index (χ4n) is 2.59. The number of aryl methyl sites for hydroxylation is 1. The second-order valence-corrected chi connectivity index (χ2v) is 6.47. The van der Waals surface area contributed by atoms with E-state index in [0.29, 0.717) is 5.95 Å². The molecule has 0 unspecified atom stereocenters. The number of hydrazine groups is 1. The molecule has 0 amide bonds. The number of hydrogen-bond donors (Lipinski definition) is 2. The average Bonchev–Trinajstić information content (AvgIpc) is 2.67. The van der Waals surface area contributed by atoms with Gasteiger partial charge < -0.3 is 9.80 Å². The molecule has 7 heteroatoms. The average molecular weight is 292 g/mol. The minimum atomic E-state index is 0.493. The van der Waals surface area contributed by atoms with E-state index in [0.717, 1.165) is 48.6 Å². The third kappa shape index (κ3) is 2.56. The molecule has 3 N–H and O–H groups in total. The van der Waals surface area contributed by atoms with Crippen LogP contribution >= 0.6 is 11.3 Å². The van der Waals surface area contributed by atoms with Crippen LogP contribution in [0.3, 0.4) is 0 Å². The molecule has 6 nitrogen and oxygen atoms in total. The van der Waals surface area contributed by atoms with Gasteiger partial charge in [0, 0.05) is 24.5 Å². The Hall–Kier alpha value is -1.44. The van der Waals surface area contributed by atoms with Crippen LogP contribution in [0.5, 0.6) is 0 Å². The highest BCUT2D eigenvalue weighted by Crippen LogP contribution is 2.31. The monoisotopic (exact) mass is 292 g/mol. The van der Waals surface area contributed by atoms with Gasteiger partial charge in [0.1, 0.15) is 10.6 Å². The largest absolute Gasteiger partial charge is 0.355 e. The highest BCUT2D eigenvalue weighted by atomic mass is 32.1. The maximum Gasteiger partial charge on any atom is 0.240 e. The molecule has 1 saturated heterocycles. The van der Waals surface area contributed by atoms with E-state index >= 15 is 0 Å². The van der Waals surface area contributed by atoms with Gasteiger partial charge in [-0.25, -0.2) is 10.8 Å². The number of hydrogen-bond acceptors (Lipinski definition) is 7. The summed E-state index contributed by atoms with van der Waals surface area (Å²) < 4.78 is 0. The molecule has 2 aromatic rings. The predicted molar refractivity (Wildman–Crippen MR) is 84.3 cm³/mol. The van der Waals surface area contributed by atoms with E-state index in [1.807, 2.05) is 0 Å². The molecule has 3 heterocycles. The van der Waals surface area contributed by atoms with Crippen molar-refractivity contribution in [3.8, 4) is 0 Å². The van der Waals surface area contributed by atoms with Crippen molar-refractivity contribution in [3.05, 3.63) is 10.9 Å². The molecule has 1 aliphatic heterocycles. The molecule has 3 rings (SSSR count). The molecule has 0 radical (unpaired) electrons. The van der Waals surface area contributed by atoms with Crippen molar-refractivity contribution in [1.29, 1.82) is 0 Å². The Labute approximate surface area is 122 Å². The summed E-state index contributed by atoms with van der Waals surface area (Å²) >= 11 is 1.68. The summed E-state index contributed by atoms with van der Waals surface area (Å²) in [5, 5.41) is 1.14. The van der Waals surface area contributed by atoms with Crippen LogP contribution in [0.1, 0.15) is 11.3 Å². The second-order valence-electron chi connectivity index (χ2n) is 5.23. The summed E-state index contributed by atoms with van der Waals surface area (Å²) in [4.78, 5) is 16.0. The Kier molecular flexibility index (Phi) is 3.73. The molecule has 20 heavy (non-hydrogen) atoms. The van der Waals surface area contributed by atoms with Gasteiger partial charge in [-0.15, -0.1) is 11.3 Å². The van der Waals surface area contributed by atoms with Crippen LogP contribution in [-0.2, 0) is 0 Å². The van der Waals surface area contributed by atoms with E-state index in [9.17, 15) is 0 Å². The molecule has 1 aliphatic rings. The van der Waals surface area contributed by atoms with Crippen molar-refractivity contribution < 1.29 is 0 Å². The van der Waals surface area contributed by atoms with Gasteiger partial charge in [-0.05, 0) is 33.0 Å². The molecule has 0 saturated carbocycles. The zero-order chi connectivity index (χ0) is 14.1. The van der Waals surface area contributed by atoms with Gasteiger partial charge in [0.2, 0.25) is 5.95 Å². The van der Waals surface area contributed by atoms with Crippen molar-refractivity contribution in [2.45, 2.75) is 13.3 Å². The number of aromatic nitrogens is 2. The van der Waals surface area contributed by atoms with Crippen molar-refractivity contribution in [2.24, 2.45) is 5.84 Å². The molecule has 2 aromatic heterocycles. The minimum absolute atomic E-state index is 0.493. The van der Waals surface area contributed by atoms with Crippen molar-refractivity contribution in [1.82, 2.24) is 14.9 Å². The third-order valence-corrected chi connectivity index (χ3v) is 4.59. The Balaban J connectivity index is 2.04. The number of nitrogens with zero attached hydrogens (tertiary/aromatic N) is 4. The molecule has 0 aromatic carbocycles. The van der Waals surface area contributed by atoms with Gasteiger partial charge in [-0.3, -0.25) is 5.43 Å². The third-order valence-electron chi connectivity index (χ3n) is 3.64. The van der Waals surface area contributed by atoms with E-state index in [1.54, 1.807) is 11.3 Å². The van der Waals surface area contributed by atoms with Gasteiger partial charge in [-0.2, -0.15) is 4.98 Å². The molecule has 0 spiro atoms. The van der Waals surface area contributed by atoms with Crippen LogP contribution in [0, 0.1) is 6.92 Å². The summed E-state index contributed by atoms with van der Waals surface area (Å²) in [5.74, 6) is 7.00. The molecular weight excluding hydrogens is 272 g/mol. The number of rotatable bonds is 2. The first-order valence-electron chi connectivity index (χ1n) is 6.85. The van der Waals surface area contributed by atoms with E-state index in [2.05, 4.69) is 45.2 Å². The molecule has 0 atom stereocenters. The van der Waals surface area contributed by atoms with E-state index in [4.69, 9.17) is 5.84 Å². The number of nitrogen functional groups attached to an aromatic ring is 1. The normalized spacial score (nSPS) is 17.4. The van der Waals surface area contributed by atoms with Crippen LogP contribution < -0.4 is 16.2 Å². The first kappa shape index (κ1) is 13.5. The smallest absolute Gasteiger partial charge is 0.240 e. The van der Waals surface area contributed by atoms with Gasteiger partial charge >= 0.3 is 0 Å². The Morgan fingerprint density at radius 1 is 1.25 bits per heavy atom. The number of likely N-dealkylation sites (N-methyl/N-ethyl adjacent to an activating group) is 1. The SMILES string of the molecule is Cc1cc2c(N3CCCN(C)CC3)nc(NN)nc2s1. The zero-order valence-corrected chi connectivity index (χ0v) is 12.7. The zero-order valence-electron chi connectivity index (χ0n) is 11.9. The maximum atomic E-state index is 5.50. The number of fused-ring (bicyclic) bond motifs is 1.